The van der Waals surface area contributed by atoms with E-state index in [9.17, 15) is 4.79 Å². The Balaban J connectivity index is 1.68. The van der Waals surface area contributed by atoms with Crippen molar-refractivity contribution in [3.8, 4) is 22.5 Å². The average molecular weight is 402 g/mol. The molecule has 0 bridgehead atoms. The summed E-state index contributed by atoms with van der Waals surface area (Å²) >= 11 is 0. The smallest absolute Gasteiger partial charge is 0.272 e. The monoisotopic (exact) mass is 402 g/mol. The average Bonchev–Trinajstić information content (AvgIpc) is 3.12. The maximum Gasteiger partial charge on any atom is 0.272 e. The highest BCUT2D eigenvalue weighted by Crippen LogP contribution is 2.28. The molecule has 0 unspecified atom stereocenters. The van der Waals surface area contributed by atoms with Crippen LogP contribution in [0.2, 0.25) is 0 Å². The van der Waals surface area contributed by atoms with Gasteiger partial charge in [0.1, 0.15) is 5.69 Å². The van der Waals surface area contributed by atoms with Crippen molar-refractivity contribution in [3.63, 3.8) is 0 Å². The second kappa shape index (κ2) is 8.26. The van der Waals surface area contributed by atoms with Crippen LogP contribution in [-0.2, 0) is 0 Å². The number of hydrogen-bond donors (Lipinski definition) is 2. The lowest BCUT2D eigenvalue weighted by atomic mass is 10.2. The Labute approximate surface area is 173 Å². The van der Waals surface area contributed by atoms with Crippen LogP contribution in [0.3, 0.4) is 0 Å². The lowest BCUT2D eigenvalue weighted by molar-refractivity contribution is 0.0789. The van der Waals surface area contributed by atoms with Crippen LogP contribution in [0, 0.1) is 0 Å². The topological polar surface area (TPSA) is 128 Å². The zero-order valence-electron chi connectivity index (χ0n) is 16.6. The van der Waals surface area contributed by atoms with E-state index in [1.165, 1.54) is 0 Å². The van der Waals surface area contributed by atoms with Gasteiger partial charge in [-0.15, -0.1) is 5.10 Å². The van der Waals surface area contributed by atoms with Gasteiger partial charge in [0.05, 0.1) is 17.0 Å². The number of fused-ring (bicyclic) bond motifs is 1. The van der Waals surface area contributed by atoms with Gasteiger partial charge < -0.3 is 16.4 Å². The van der Waals surface area contributed by atoms with E-state index in [4.69, 9.17) is 11.5 Å². The molecule has 152 valence electrons. The lowest BCUT2D eigenvalue weighted by Crippen LogP contribution is -2.29. The molecule has 0 aliphatic rings. The predicted octanol–water partition coefficient (Wildman–Crippen LogP) is 1.86. The van der Waals surface area contributed by atoms with E-state index in [0.29, 0.717) is 47.2 Å². The van der Waals surface area contributed by atoms with Crippen molar-refractivity contribution >= 4 is 17.4 Å². The van der Waals surface area contributed by atoms with Crippen molar-refractivity contribution in [3.05, 3.63) is 60.7 Å². The SMILES string of the molecule is CN(CCCN)C(=O)c1cccc(-c2cnc3c(-c4ccccn4)c(N)nn3c2)n1. The Kier molecular flexibility index (Phi) is 5.36. The third-order valence-electron chi connectivity index (χ3n) is 4.73. The van der Waals surface area contributed by atoms with E-state index in [1.807, 2.05) is 24.3 Å². The summed E-state index contributed by atoms with van der Waals surface area (Å²) in [4.78, 5) is 27.6. The molecule has 0 aliphatic heterocycles. The molecule has 0 saturated carbocycles. The minimum absolute atomic E-state index is 0.153. The fourth-order valence-corrected chi connectivity index (χ4v) is 3.18. The first-order valence-electron chi connectivity index (χ1n) is 9.56. The minimum atomic E-state index is -0.153. The van der Waals surface area contributed by atoms with Crippen LogP contribution in [0.15, 0.2) is 55.0 Å². The molecule has 0 atom stereocenters. The summed E-state index contributed by atoms with van der Waals surface area (Å²) in [7, 11) is 1.74. The molecule has 0 aliphatic carbocycles. The molecule has 4 aromatic rings. The van der Waals surface area contributed by atoms with Crippen molar-refractivity contribution in [1.82, 2.24) is 29.5 Å². The highest BCUT2D eigenvalue weighted by atomic mass is 16.2. The lowest BCUT2D eigenvalue weighted by Gasteiger charge is -2.16. The van der Waals surface area contributed by atoms with Crippen LogP contribution in [0.5, 0.6) is 0 Å². The Bertz CT molecular complexity index is 1190. The molecule has 4 rings (SSSR count). The molecule has 0 spiro atoms. The van der Waals surface area contributed by atoms with Gasteiger partial charge in [-0.05, 0) is 37.2 Å². The van der Waals surface area contributed by atoms with Gasteiger partial charge in [0.2, 0.25) is 0 Å². The summed E-state index contributed by atoms with van der Waals surface area (Å²) < 4.78 is 1.61. The maximum atomic E-state index is 12.6. The molecular formula is C21H22N8O. The van der Waals surface area contributed by atoms with Gasteiger partial charge in [0.15, 0.2) is 11.5 Å². The molecule has 9 heteroatoms. The van der Waals surface area contributed by atoms with Gasteiger partial charge >= 0.3 is 0 Å². The van der Waals surface area contributed by atoms with Gasteiger partial charge in [-0.3, -0.25) is 9.78 Å². The van der Waals surface area contributed by atoms with Crippen molar-refractivity contribution in [2.24, 2.45) is 5.73 Å². The Hall–Kier alpha value is -3.85. The van der Waals surface area contributed by atoms with E-state index >= 15 is 0 Å². The van der Waals surface area contributed by atoms with Gasteiger partial charge in [0.25, 0.3) is 5.91 Å². The second-order valence-electron chi connectivity index (χ2n) is 6.86. The molecule has 4 N–H and O–H groups in total. The molecule has 1 amide bonds. The number of rotatable bonds is 6. The molecular weight excluding hydrogens is 380 g/mol. The maximum absolute atomic E-state index is 12.6. The Morgan fingerprint density at radius 3 is 2.73 bits per heavy atom. The van der Waals surface area contributed by atoms with Crippen LogP contribution in [0.4, 0.5) is 5.82 Å². The fraction of sp³-hybridized carbons (Fsp3) is 0.190. The third-order valence-corrected chi connectivity index (χ3v) is 4.73. The Morgan fingerprint density at radius 1 is 1.13 bits per heavy atom. The zero-order valence-corrected chi connectivity index (χ0v) is 16.6. The number of nitrogens with two attached hydrogens (primary N) is 2. The number of nitrogens with zero attached hydrogens (tertiary/aromatic N) is 6. The van der Waals surface area contributed by atoms with E-state index in [0.717, 1.165) is 12.0 Å². The van der Waals surface area contributed by atoms with Crippen LogP contribution in [-0.4, -0.2) is 55.5 Å². The first kappa shape index (κ1) is 19.5. The number of aromatic nitrogens is 5. The predicted molar refractivity (Wildman–Crippen MR) is 114 cm³/mol. The van der Waals surface area contributed by atoms with Crippen LogP contribution < -0.4 is 11.5 Å². The summed E-state index contributed by atoms with van der Waals surface area (Å²) in [6, 6.07) is 10.9. The number of nitrogen functional groups attached to an aromatic ring is 1. The number of carbonyl (C=O) groups is 1. The fourth-order valence-electron chi connectivity index (χ4n) is 3.18. The van der Waals surface area contributed by atoms with E-state index in [1.54, 1.807) is 47.2 Å². The van der Waals surface area contributed by atoms with Crippen LogP contribution in [0.25, 0.3) is 28.2 Å². The highest BCUT2D eigenvalue weighted by molar-refractivity contribution is 5.92. The molecule has 0 aromatic carbocycles. The Morgan fingerprint density at radius 2 is 1.97 bits per heavy atom. The molecule has 9 nitrogen and oxygen atoms in total. The number of anilines is 1. The highest BCUT2D eigenvalue weighted by Gasteiger charge is 2.17. The molecule has 30 heavy (non-hydrogen) atoms. The van der Waals surface area contributed by atoms with E-state index < -0.39 is 0 Å². The van der Waals surface area contributed by atoms with Crippen molar-refractivity contribution in [2.45, 2.75) is 6.42 Å². The molecule has 0 radical (unpaired) electrons. The molecule has 0 fully saturated rings. The van der Waals surface area contributed by atoms with Crippen molar-refractivity contribution in [1.29, 1.82) is 0 Å². The third kappa shape index (κ3) is 3.70. The summed E-state index contributed by atoms with van der Waals surface area (Å²) in [6.07, 6.45) is 5.92. The second-order valence-corrected chi connectivity index (χ2v) is 6.86. The number of hydrogen-bond acceptors (Lipinski definition) is 7. The van der Waals surface area contributed by atoms with Crippen LogP contribution >= 0.6 is 0 Å². The number of pyridine rings is 2. The minimum Gasteiger partial charge on any atom is -0.382 e. The van der Waals surface area contributed by atoms with Crippen molar-refractivity contribution < 1.29 is 4.79 Å². The first-order chi connectivity index (χ1) is 14.6. The number of amides is 1. The zero-order chi connectivity index (χ0) is 21.1. The van der Waals surface area contributed by atoms with Gasteiger partial charge in [-0.1, -0.05) is 12.1 Å². The van der Waals surface area contributed by atoms with Gasteiger partial charge in [-0.2, -0.15) is 0 Å². The summed E-state index contributed by atoms with van der Waals surface area (Å²) in [5, 5.41) is 4.37. The normalized spacial score (nSPS) is 11.0. The molecule has 0 saturated heterocycles. The van der Waals surface area contributed by atoms with Crippen LogP contribution in [0.1, 0.15) is 16.9 Å². The summed E-state index contributed by atoms with van der Waals surface area (Å²) in [6.45, 7) is 1.11. The standard InChI is InChI=1S/C21H22N8O/c1-28(11-5-9-22)21(30)17-8-4-7-15(26-17)14-12-25-20-18(16-6-2-3-10-24-16)19(23)27-29(20)13-14/h2-4,6-8,10,12-13H,5,9,11,22H2,1H3,(H2,23,27). The summed E-state index contributed by atoms with van der Waals surface area (Å²) in [5.74, 6) is 0.192. The van der Waals surface area contributed by atoms with Gasteiger partial charge in [-0.25, -0.2) is 14.5 Å². The molecule has 4 heterocycles. The van der Waals surface area contributed by atoms with Gasteiger partial charge in [0, 0.05) is 37.7 Å². The molecule has 4 aromatic heterocycles. The number of carbonyl (C=O) groups excluding carboxylic acids is 1. The van der Waals surface area contributed by atoms with Crippen molar-refractivity contribution in [2.75, 3.05) is 25.9 Å². The first-order valence-corrected chi connectivity index (χ1v) is 9.56. The van der Waals surface area contributed by atoms with E-state index in [-0.39, 0.29) is 5.91 Å². The summed E-state index contributed by atoms with van der Waals surface area (Å²) in [5.41, 5.74) is 15.3. The largest absolute Gasteiger partial charge is 0.382 e. The van der Waals surface area contributed by atoms with E-state index in [2.05, 4.69) is 20.1 Å². The quantitative estimate of drug-likeness (QED) is 0.504.